The van der Waals surface area contributed by atoms with E-state index in [0.29, 0.717) is 0 Å². The summed E-state index contributed by atoms with van der Waals surface area (Å²) in [6.45, 7) is 14.3. The van der Waals surface area contributed by atoms with E-state index in [1.54, 1.807) is 6.56 Å². The summed E-state index contributed by atoms with van der Waals surface area (Å²) >= 11 is -4.10. The van der Waals surface area contributed by atoms with Gasteiger partial charge in [0.25, 0.3) is 0 Å². The van der Waals surface area contributed by atoms with Crippen LogP contribution in [0.5, 0.6) is 0 Å². The monoisotopic (exact) mass is 658 g/mol. The number of hydrogen-bond acceptors (Lipinski definition) is 0. The molecule has 4 aliphatic rings. The Balaban J connectivity index is 0.00000169. The number of rotatable bonds is 3. The Morgan fingerprint density at radius 2 is 1.39 bits per heavy atom. The molecule has 212 valence electrons. The van der Waals surface area contributed by atoms with Crippen molar-refractivity contribution in [2.75, 3.05) is 0 Å². The number of allylic oxidation sites excluding steroid dienone is 8. The molecule has 0 aromatic heterocycles. The van der Waals surface area contributed by atoms with Gasteiger partial charge in [0.15, 0.2) is 0 Å². The maximum atomic E-state index is 5.38. The fourth-order valence-electron chi connectivity index (χ4n) is 9.09. The third kappa shape index (κ3) is 3.91. The van der Waals surface area contributed by atoms with Crippen LogP contribution >= 0.6 is 24.8 Å². The summed E-state index contributed by atoms with van der Waals surface area (Å²) in [4.78, 5) is 0. The van der Waals surface area contributed by atoms with Gasteiger partial charge in [0.1, 0.15) is 0 Å². The molecule has 3 aromatic carbocycles. The van der Waals surface area contributed by atoms with Crippen LogP contribution < -0.4 is 3.27 Å². The summed E-state index contributed by atoms with van der Waals surface area (Å²) < 4.78 is 12.7. The fourth-order valence-corrected chi connectivity index (χ4v) is 24.5. The van der Waals surface area contributed by atoms with Crippen LogP contribution in [0.2, 0.25) is 4.63 Å². The molecule has 0 fully saturated rings. The number of hydrogen-bond donors (Lipinski definition) is 0. The van der Waals surface area contributed by atoms with Crippen LogP contribution in [0.15, 0.2) is 85.5 Å². The van der Waals surface area contributed by atoms with Crippen molar-refractivity contribution in [2.24, 2.45) is 0 Å². The molecule has 0 unspecified atom stereocenters. The van der Waals surface area contributed by atoms with Gasteiger partial charge in [-0.1, -0.05) is 0 Å². The Hall–Kier alpha value is -2.05. The summed E-state index contributed by atoms with van der Waals surface area (Å²) in [6.07, 6.45) is 11.5. The molecule has 0 saturated heterocycles. The molecule has 0 aliphatic heterocycles. The first-order valence-electron chi connectivity index (χ1n) is 14.6. The van der Waals surface area contributed by atoms with Gasteiger partial charge < -0.3 is 0 Å². The topological polar surface area (TPSA) is 0 Å². The minimum atomic E-state index is -4.10. The van der Waals surface area contributed by atoms with Crippen molar-refractivity contribution in [1.82, 2.24) is 0 Å². The molecule has 0 N–H and O–H groups in total. The van der Waals surface area contributed by atoms with Crippen molar-refractivity contribution in [2.45, 2.75) is 69.8 Å². The molecule has 0 nitrogen and oxygen atoms in total. The van der Waals surface area contributed by atoms with Crippen LogP contribution in [0.1, 0.15) is 81.3 Å². The van der Waals surface area contributed by atoms with Gasteiger partial charge in [-0.3, -0.25) is 0 Å². The van der Waals surface area contributed by atoms with Crippen molar-refractivity contribution in [3.63, 3.8) is 0 Å². The van der Waals surface area contributed by atoms with E-state index in [1.165, 1.54) is 58.9 Å². The summed E-state index contributed by atoms with van der Waals surface area (Å²) in [7, 11) is 0. The van der Waals surface area contributed by atoms with Crippen LogP contribution in [0.4, 0.5) is 0 Å². The van der Waals surface area contributed by atoms with Gasteiger partial charge in [-0.2, -0.15) is 0 Å². The van der Waals surface area contributed by atoms with E-state index in [1.807, 2.05) is 0 Å². The van der Waals surface area contributed by atoms with Gasteiger partial charge in [-0.25, -0.2) is 0 Å². The van der Waals surface area contributed by atoms with E-state index >= 15 is 0 Å². The average molecular weight is 661 g/mol. The molecule has 3 aromatic rings. The molecule has 0 saturated carbocycles. The van der Waals surface area contributed by atoms with Crippen LogP contribution in [-0.4, -0.2) is 4.21 Å². The van der Waals surface area contributed by atoms with Crippen molar-refractivity contribution >= 4 is 43.4 Å². The van der Waals surface area contributed by atoms with Gasteiger partial charge in [0.05, 0.1) is 0 Å². The van der Waals surface area contributed by atoms with Crippen molar-refractivity contribution in [1.29, 1.82) is 0 Å². The molecule has 3 heteroatoms. The summed E-state index contributed by atoms with van der Waals surface area (Å²) in [6, 6.07) is 21.4. The van der Waals surface area contributed by atoms with E-state index in [9.17, 15) is 0 Å². The Morgan fingerprint density at radius 1 is 0.780 bits per heavy atom. The fraction of sp³-hybridized carbons (Fsp3) is 0.289. The van der Waals surface area contributed by atoms with Crippen LogP contribution in [-0.2, 0) is 35.5 Å². The normalized spacial score (nSPS) is 19.0. The summed E-state index contributed by atoms with van der Waals surface area (Å²) in [5, 5.41) is 0. The quantitative estimate of drug-likeness (QED) is 0.205. The van der Waals surface area contributed by atoms with Gasteiger partial charge in [-0.15, -0.1) is 24.8 Å². The van der Waals surface area contributed by atoms with Gasteiger partial charge in [-0.05, 0) is 0 Å². The molecule has 0 amide bonds. The molecular weight excluding hydrogens is 619 g/mol. The van der Waals surface area contributed by atoms with E-state index < -0.39 is 18.3 Å². The first-order chi connectivity index (χ1) is 18.3. The first-order valence-corrected chi connectivity index (χ1v) is 22.5. The van der Waals surface area contributed by atoms with Crippen LogP contribution in [0, 0.1) is 0 Å². The summed E-state index contributed by atoms with van der Waals surface area (Å²) in [5.74, 6) is 0. The van der Waals surface area contributed by atoms with Gasteiger partial charge in [0, 0.05) is 0 Å². The molecule has 0 atom stereocenters. The third-order valence-electron chi connectivity index (χ3n) is 10.8. The molecule has 0 radical (unpaired) electrons. The Kier molecular flexibility index (Phi) is 7.03. The molecule has 0 bridgehead atoms. The number of benzene rings is 3. The maximum absolute atomic E-state index is 5.38. The van der Waals surface area contributed by atoms with E-state index in [0.717, 1.165) is 12.8 Å². The number of halogens is 2. The molecule has 7 rings (SSSR count). The predicted molar refractivity (Wildman–Crippen MR) is 182 cm³/mol. The van der Waals surface area contributed by atoms with Gasteiger partial charge >= 0.3 is 237 Å². The van der Waals surface area contributed by atoms with E-state index in [2.05, 4.69) is 125 Å². The predicted octanol–water partition coefficient (Wildman–Crippen LogP) is 10.2. The second-order valence-electron chi connectivity index (χ2n) is 14.2. The Labute approximate surface area is 259 Å². The molecular formula is C38H42Cl2Zr. The zero-order valence-electron chi connectivity index (χ0n) is 25.4. The second kappa shape index (κ2) is 9.48. The molecule has 4 aliphatic carbocycles. The zero-order valence-corrected chi connectivity index (χ0v) is 29.5. The van der Waals surface area contributed by atoms with Gasteiger partial charge in [0.2, 0.25) is 0 Å². The first kappa shape index (κ1) is 30.4. The van der Waals surface area contributed by atoms with Crippen LogP contribution in [0.25, 0.3) is 22.3 Å². The molecule has 0 heterocycles. The third-order valence-corrected chi connectivity index (χ3v) is 26.4. The van der Waals surface area contributed by atoms with Crippen molar-refractivity contribution in [3.8, 4) is 11.1 Å². The number of fused-ring (bicyclic) bond motifs is 5. The van der Waals surface area contributed by atoms with Crippen molar-refractivity contribution < 1.29 is 18.3 Å². The minimum absolute atomic E-state index is 0. The van der Waals surface area contributed by atoms with E-state index in [-0.39, 0.29) is 35.6 Å². The SMILES string of the molecule is Cl.Cl.[CH2]=[Zr]([CH3])([C]1=CC=CC1)([C]1=C(C)c2cc3c(cc2C1(C)C)Cc1cc2c(cc1-3)C(C)=CC2(C)C)[c]1ccccc1. The zero-order chi connectivity index (χ0) is 27.6. The van der Waals surface area contributed by atoms with Crippen molar-refractivity contribution in [3.05, 3.63) is 119 Å². The molecule has 0 spiro atoms. The second-order valence-corrected chi connectivity index (χ2v) is 28.3. The Bertz CT molecular complexity index is 1830. The van der Waals surface area contributed by atoms with E-state index in [4.69, 9.17) is 4.21 Å². The molecule has 41 heavy (non-hydrogen) atoms. The standard InChI is InChI=1S/C25H25.C6H5.C5H5.CH3.CH2.2ClH.Zr/c1-14-12-24(3,4)22-8-16-7-17-9-23-19(15(2)13-25(23,5)6)11-21(17)20(16)10-18(14)22;1-2-4-6-5-3-1;1-2-4-5-3-1;;;;;/h8-12H,7H2,1-6H3;1-5H;1-3H,4H2;1H3;1H2;2*1H;. The average Bonchev–Trinajstić information content (AvgIpc) is 3.63. The Morgan fingerprint density at radius 3 is 2.00 bits per heavy atom. The summed E-state index contributed by atoms with van der Waals surface area (Å²) in [5.41, 5.74) is 14.7. The van der Waals surface area contributed by atoms with Crippen LogP contribution in [0.3, 0.4) is 0 Å².